The maximum Gasteiger partial charge on any atom is 0.222 e. The second-order valence-electron chi connectivity index (χ2n) is 7.83. The molecular formula is C21H30N4OS. The molecule has 0 aromatic carbocycles. The molecule has 1 atom stereocenters. The van der Waals surface area contributed by atoms with E-state index in [-0.39, 0.29) is 5.91 Å². The van der Waals surface area contributed by atoms with E-state index in [1.165, 1.54) is 39.9 Å². The van der Waals surface area contributed by atoms with Crippen molar-refractivity contribution in [3.05, 3.63) is 16.3 Å². The van der Waals surface area contributed by atoms with Gasteiger partial charge in [0.1, 0.15) is 16.5 Å². The first-order valence-electron chi connectivity index (χ1n) is 10.5. The van der Waals surface area contributed by atoms with Crippen LogP contribution < -0.4 is 4.90 Å². The van der Waals surface area contributed by atoms with Crippen LogP contribution in [0.5, 0.6) is 0 Å². The number of hydrogen-bond donors (Lipinski definition) is 0. The first-order valence-corrected chi connectivity index (χ1v) is 11.3. The molecule has 6 heteroatoms. The van der Waals surface area contributed by atoms with Crippen LogP contribution in [0.4, 0.5) is 5.82 Å². The predicted octanol–water partition coefficient (Wildman–Crippen LogP) is 4.14. The van der Waals surface area contributed by atoms with Crippen LogP contribution in [0.1, 0.15) is 68.6 Å². The molecule has 4 rings (SSSR count). The van der Waals surface area contributed by atoms with Gasteiger partial charge in [0, 0.05) is 43.4 Å². The fraction of sp³-hybridized carbons (Fsp3) is 0.667. The number of piperazine rings is 1. The highest BCUT2D eigenvalue weighted by Crippen LogP contribution is 2.40. The zero-order valence-corrected chi connectivity index (χ0v) is 17.6. The summed E-state index contributed by atoms with van der Waals surface area (Å²) in [5.74, 6) is 2.73. The number of aromatic nitrogens is 2. The van der Waals surface area contributed by atoms with Crippen molar-refractivity contribution in [1.29, 1.82) is 0 Å². The Kier molecular flexibility index (Phi) is 5.35. The number of amides is 1. The summed E-state index contributed by atoms with van der Waals surface area (Å²) in [7, 11) is 0. The molecule has 0 N–H and O–H groups in total. The van der Waals surface area contributed by atoms with Gasteiger partial charge in [-0.2, -0.15) is 0 Å². The van der Waals surface area contributed by atoms with Crippen LogP contribution in [0.25, 0.3) is 10.2 Å². The third-order valence-electron chi connectivity index (χ3n) is 6.10. The van der Waals surface area contributed by atoms with Crippen LogP contribution in [0.2, 0.25) is 0 Å². The topological polar surface area (TPSA) is 49.3 Å². The summed E-state index contributed by atoms with van der Waals surface area (Å²) < 4.78 is 0. The Morgan fingerprint density at radius 3 is 2.56 bits per heavy atom. The number of hydrogen-bond acceptors (Lipinski definition) is 5. The third-order valence-corrected chi connectivity index (χ3v) is 7.29. The van der Waals surface area contributed by atoms with Gasteiger partial charge in [-0.1, -0.05) is 20.8 Å². The molecule has 27 heavy (non-hydrogen) atoms. The largest absolute Gasteiger partial charge is 0.352 e. The maximum atomic E-state index is 12.0. The summed E-state index contributed by atoms with van der Waals surface area (Å²) in [5.41, 5.74) is 1.50. The zero-order chi connectivity index (χ0) is 19.0. The lowest BCUT2D eigenvalue weighted by Crippen LogP contribution is -2.49. The number of nitrogens with zero attached hydrogens (tertiary/aromatic N) is 4. The second kappa shape index (κ2) is 7.74. The molecule has 2 aromatic rings. The summed E-state index contributed by atoms with van der Waals surface area (Å²) in [6, 6.07) is 0. The van der Waals surface area contributed by atoms with Crippen molar-refractivity contribution in [2.75, 3.05) is 31.1 Å². The van der Waals surface area contributed by atoms with Crippen molar-refractivity contribution >= 4 is 33.3 Å². The molecule has 0 bridgehead atoms. The Morgan fingerprint density at radius 1 is 1.11 bits per heavy atom. The zero-order valence-electron chi connectivity index (χ0n) is 16.8. The Balaban J connectivity index is 1.74. The summed E-state index contributed by atoms with van der Waals surface area (Å²) in [5, 5.41) is 1.30. The van der Waals surface area contributed by atoms with Gasteiger partial charge in [0.25, 0.3) is 0 Å². The van der Waals surface area contributed by atoms with E-state index in [1.807, 2.05) is 23.2 Å². The maximum absolute atomic E-state index is 12.0. The Labute approximate surface area is 165 Å². The fourth-order valence-electron chi connectivity index (χ4n) is 4.18. The number of aryl methyl sites for hydroxylation is 2. The molecule has 0 spiro atoms. The quantitative estimate of drug-likeness (QED) is 0.792. The summed E-state index contributed by atoms with van der Waals surface area (Å²) in [6.45, 7) is 9.68. The molecule has 0 radical (unpaired) electrons. The van der Waals surface area contributed by atoms with Gasteiger partial charge in [-0.3, -0.25) is 4.79 Å². The average Bonchev–Trinajstić information content (AvgIpc) is 3.10. The molecule has 3 heterocycles. The number of fused-ring (bicyclic) bond motifs is 3. The minimum absolute atomic E-state index is 0.260. The standard InChI is InChI=1S/C21H30N4OS/c1-4-14(3)19-22-20(25-12-10-24(11-13-25)17(26)5-2)18-15-8-6-7-9-16(15)27-21(18)23-19/h14H,4-13H2,1-3H3. The first kappa shape index (κ1) is 18.7. The van der Waals surface area contributed by atoms with Crippen molar-refractivity contribution in [1.82, 2.24) is 14.9 Å². The minimum Gasteiger partial charge on any atom is -0.352 e. The number of rotatable bonds is 4. The van der Waals surface area contributed by atoms with E-state index in [1.54, 1.807) is 0 Å². The SMILES string of the molecule is CCC(=O)N1CCN(c2nc(C(C)CC)nc3sc4c(c23)CCCC4)CC1. The van der Waals surface area contributed by atoms with Gasteiger partial charge in [-0.15, -0.1) is 11.3 Å². The van der Waals surface area contributed by atoms with Crippen molar-refractivity contribution in [3.8, 4) is 0 Å². The smallest absolute Gasteiger partial charge is 0.222 e. The van der Waals surface area contributed by atoms with Crippen molar-refractivity contribution in [2.24, 2.45) is 0 Å². The summed E-state index contributed by atoms with van der Waals surface area (Å²) in [6.07, 6.45) is 6.54. The Bertz CT molecular complexity index is 838. The van der Waals surface area contributed by atoms with Gasteiger partial charge in [0.05, 0.1) is 5.39 Å². The lowest BCUT2D eigenvalue weighted by atomic mass is 9.96. The number of carbonyl (C=O) groups excluding carboxylic acids is 1. The van der Waals surface area contributed by atoms with Crippen molar-refractivity contribution in [2.45, 2.75) is 65.2 Å². The Hall–Kier alpha value is -1.69. The molecule has 1 fully saturated rings. The second-order valence-corrected chi connectivity index (χ2v) is 8.91. The molecule has 1 amide bonds. The van der Waals surface area contributed by atoms with E-state index >= 15 is 0 Å². The van der Waals surface area contributed by atoms with Crippen LogP contribution in [0, 0.1) is 0 Å². The van der Waals surface area contributed by atoms with Gasteiger partial charge in [0.15, 0.2) is 0 Å². The molecule has 1 aliphatic heterocycles. The van der Waals surface area contributed by atoms with Crippen LogP contribution in [0.15, 0.2) is 0 Å². The fourth-order valence-corrected chi connectivity index (χ4v) is 5.44. The van der Waals surface area contributed by atoms with Gasteiger partial charge >= 0.3 is 0 Å². The highest BCUT2D eigenvalue weighted by atomic mass is 32.1. The highest BCUT2D eigenvalue weighted by molar-refractivity contribution is 7.19. The van der Waals surface area contributed by atoms with Crippen LogP contribution in [-0.2, 0) is 17.6 Å². The van der Waals surface area contributed by atoms with Crippen LogP contribution >= 0.6 is 11.3 Å². The van der Waals surface area contributed by atoms with Gasteiger partial charge in [-0.25, -0.2) is 9.97 Å². The monoisotopic (exact) mass is 386 g/mol. The molecule has 5 nitrogen and oxygen atoms in total. The van der Waals surface area contributed by atoms with Gasteiger partial charge in [-0.05, 0) is 37.7 Å². The molecular weight excluding hydrogens is 356 g/mol. The summed E-state index contributed by atoms with van der Waals surface area (Å²) in [4.78, 5) is 29.2. The molecule has 1 aliphatic carbocycles. The predicted molar refractivity (Wildman–Crippen MR) is 112 cm³/mol. The minimum atomic E-state index is 0.260. The molecule has 1 saturated heterocycles. The number of carbonyl (C=O) groups is 1. The molecule has 2 aromatic heterocycles. The third kappa shape index (κ3) is 3.44. The van der Waals surface area contributed by atoms with Gasteiger partial charge < -0.3 is 9.80 Å². The van der Waals surface area contributed by atoms with Crippen LogP contribution in [-0.4, -0.2) is 47.0 Å². The normalized spacial score (nSPS) is 18.6. The molecule has 146 valence electrons. The molecule has 2 aliphatic rings. The molecule has 1 unspecified atom stereocenters. The lowest BCUT2D eigenvalue weighted by molar-refractivity contribution is -0.131. The summed E-state index contributed by atoms with van der Waals surface area (Å²) >= 11 is 1.89. The van der Waals surface area contributed by atoms with Crippen LogP contribution in [0.3, 0.4) is 0 Å². The van der Waals surface area contributed by atoms with Crippen molar-refractivity contribution < 1.29 is 4.79 Å². The highest BCUT2D eigenvalue weighted by Gasteiger charge is 2.27. The first-order chi connectivity index (χ1) is 13.1. The van der Waals surface area contributed by atoms with E-state index in [2.05, 4.69) is 18.7 Å². The van der Waals surface area contributed by atoms with E-state index in [0.717, 1.165) is 50.7 Å². The van der Waals surface area contributed by atoms with E-state index in [0.29, 0.717) is 12.3 Å². The van der Waals surface area contributed by atoms with E-state index in [4.69, 9.17) is 9.97 Å². The molecule has 0 saturated carbocycles. The van der Waals surface area contributed by atoms with Crippen molar-refractivity contribution in [3.63, 3.8) is 0 Å². The number of anilines is 1. The average molecular weight is 387 g/mol. The van der Waals surface area contributed by atoms with E-state index < -0.39 is 0 Å². The van der Waals surface area contributed by atoms with E-state index in [9.17, 15) is 4.79 Å². The lowest BCUT2D eigenvalue weighted by Gasteiger charge is -2.36. The van der Waals surface area contributed by atoms with Gasteiger partial charge in [0.2, 0.25) is 5.91 Å². The number of thiophene rings is 1. The Morgan fingerprint density at radius 2 is 1.85 bits per heavy atom.